The van der Waals surface area contributed by atoms with Crippen LogP contribution in [0.2, 0.25) is 0 Å². The third-order valence-electron chi connectivity index (χ3n) is 2.42. The molecule has 0 aromatic rings. The molecule has 0 heterocycles. The maximum atomic E-state index is 10.6. The monoisotopic (exact) mass is 254 g/mol. The number of nitrogens with zero attached hydrogens (tertiary/aromatic N) is 2. The second kappa shape index (κ2) is 5.48. The quantitative estimate of drug-likeness (QED) is 0.525. The van der Waals surface area contributed by atoms with Gasteiger partial charge in [-0.15, -0.1) is 0 Å². The van der Waals surface area contributed by atoms with Crippen LogP contribution in [0.15, 0.2) is 10.2 Å². The Bertz CT molecular complexity index is 377. The van der Waals surface area contributed by atoms with Gasteiger partial charge in [0.1, 0.15) is 0 Å². The molecule has 0 bridgehead atoms. The van der Waals surface area contributed by atoms with Gasteiger partial charge in [-0.1, -0.05) is 13.8 Å². The zero-order valence-electron chi connectivity index (χ0n) is 10.5. The van der Waals surface area contributed by atoms with Gasteiger partial charge < -0.3 is 11.5 Å². The van der Waals surface area contributed by atoms with Gasteiger partial charge in [-0.05, 0) is 18.3 Å². The van der Waals surface area contributed by atoms with E-state index in [-0.39, 0.29) is 5.41 Å². The van der Waals surface area contributed by atoms with Crippen molar-refractivity contribution in [3.05, 3.63) is 0 Å². The normalized spacial score (nSPS) is 22.8. The first kappa shape index (κ1) is 13.9. The van der Waals surface area contributed by atoms with E-state index >= 15 is 0 Å². The standard InChI is InChI=1S/C10H18N6O2/c1-10(2)4-6(13-15-8(11)17)3-7(5-10)14-16-9(12)18/h3-5H2,1-2H3,(H3,11,15,17)(H3,12,16,18). The number of hydrazone groups is 2. The number of hydrogen-bond acceptors (Lipinski definition) is 4. The number of amides is 4. The highest BCUT2D eigenvalue weighted by atomic mass is 16.2. The SMILES string of the molecule is CC1(C)CC(=NNC(N)=O)CC(=NNC(N)=O)C1. The van der Waals surface area contributed by atoms with Gasteiger partial charge in [0.05, 0.1) is 0 Å². The summed E-state index contributed by atoms with van der Waals surface area (Å²) < 4.78 is 0. The highest BCUT2D eigenvalue weighted by molar-refractivity contribution is 6.07. The Hall–Kier alpha value is -2.12. The molecular weight excluding hydrogens is 236 g/mol. The fourth-order valence-corrected chi connectivity index (χ4v) is 1.95. The molecule has 0 unspecified atom stereocenters. The number of urea groups is 2. The van der Waals surface area contributed by atoms with Crippen LogP contribution in [0.3, 0.4) is 0 Å². The molecule has 0 aromatic heterocycles. The van der Waals surface area contributed by atoms with E-state index in [1.54, 1.807) is 0 Å². The summed E-state index contributed by atoms with van der Waals surface area (Å²) in [4.78, 5) is 21.2. The molecule has 0 saturated heterocycles. The van der Waals surface area contributed by atoms with Crippen LogP contribution in [-0.2, 0) is 0 Å². The molecule has 100 valence electrons. The van der Waals surface area contributed by atoms with Crippen molar-refractivity contribution in [2.75, 3.05) is 0 Å². The van der Waals surface area contributed by atoms with Gasteiger partial charge in [-0.25, -0.2) is 20.4 Å². The number of carbonyl (C=O) groups is 2. The van der Waals surface area contributed by atoms with E-state index in [4.69, 9.17) is 11.5 Å². The van der Waals surface area contributed by atoms with E-state index < -0.39 is 12.1 Å². The summed E-state index contributed by atoms with van der Waals surface area (Å²) in [6.45, 7) is 4.09. The van der Waals surface area contributed by atoms with Crippen molar-refractivity contribution < 1.29 is 9.59 Å². The Morgan fingerprint density at radius 2 is 1.44 bits per heavy atom. The topological polar surface area (TPSA) is 135 Å². The largest absolute Gasteiger partial charge is 0.350 e. The summed E-state index contributed by atoms with van der Waals surface area (Å²) in [5, 5.41) is 7.85. The van der Waals surface area contributed by atoms with Gasteiger partial charge in [0.15, 0.2) is 0 Å². The molecule has 4 amide bonds. The maximum Gasteiger partial charge on any atom is 0.332 e. The number of primary amides is 2. The summed E-state index contributed by atoms with van der Waals surface area (Å²) in [7, 11) is 0. The molecule has 0 aliphatic heterocycles. The second-order valence-corrected chi connectivity index (χ2v) is 5.00. The molecule has 1 saturated carbocycles. The van der Waals surface area contributed by atoms with Gasteiger partial charge in [0.2, 0.25) is 0 Å². The highest BCUT2D eigenvalue weighted by Gasteiger charge is 2.29. The van der Waals surface area contributed by atoms with Gasteiger partial charge in [0.25, 0.3) is 0 Å². The molecule has 6 N–H and O–H groups in total. The third-order valence-corrected chi connectivity index (χ3v) is 2.42. The minimum absolute atomic E-state index is 0.0471. The Labute approximate surface area is 105 Å². The Balaban J connectivity index is 2.78. The van der Waals surface area contributed by atoms with E-state index in [2.05, 4.69) is 21.1 Å². The number of nitrogens with one attached hydrogen (secondary N) is 2. The van der Waals surface area contributed by atoms with Crippen LogP contribution in [0.25, 0.3) is 0 Å². The first-order valence-corrected chi connectivity index (χ1v) is 5.50. The maximum absolute atomic E-state index is 10.6. The van der Waals surface area contributed by atoms with Gasteiger partial charge in [-0.3, -0.25) is 0 Å². The number of carbonyl (C=O) groups excluding carboxylic acids is 2. The van der Waals surface area contributed by atoms with E-state index in [1.165, 1.54) is 0 Å². The van der Waals surface area contributed by atoms with Crippen molar-refractivity contribution in [3.63, 3.8) is 0 Å². The molecule has 0 spiro atoms. The van der Waals surface area contributed by atoms with Crippen LogP contribution >= 0.6 is 0 Å². The van der Waals surface area contributed by atoms with Crippen molar-refractivity contribution >= 4 is 23.5 Å². The van der Waals surface area contributed by atoms with Crippen molar-refractivity contribution in [2.45, 2.75) is 33.1 Å². The third kappa shape index (κ3) is 4.81. The van der Waals surface area contributed by atoms with Crippen molar-refractivity contribution in [1.82, 2.24) is 10.9 Å². The Morgan fingerprint density at radius 3 is 1.78 bits per heavy atom. The smallest absolute Gasteiger partial charge is 0.332 e. The molecule has 1 aliphatic carbocycles. The van der Waals surface area contributed by atoms with Gasteiger partial charge >= 0.3 is 12.1 Å². The lowest BCUT2D eigenvalue weighted by molar-refractivity contribution is 0.248. The van der Waals surface area contributed by atoms with Crippen LogP contribution in [-0.4, -0.2) is 23.5 Å². The Morgan fingerprint density at radius 1 is 1.06 bits per heavy atom. The summed E-state index contributed by atoms with van der Waals surface area (Å²) in [5.41, 5.74) is 15.8. The van der Waals surface area contributed by atoms with Crippen molar-refractivity contribution in [3.8, 4) is 0 Å². The van der Waals surface area contributed by atoms with E-state index in [1.807, 2.05) is 13.8 Å². The molecule has 8 heteroatoms. The summed E-state index contributed by atoms with van der Waals surface area (Å²) in [6, 6.07) is -1.42. The molecule has 18 heavy (non-hydrogen) atoms. The predicted octanol–water partition coefficient (Wildman–Crippen LogP) is 0.245. The number of hydrogen-bond donors (Lipinski definition) is 4. The lowest BCUT2D eigenvalue weighted by atomic mass is 9.75. The van der Waals surface area contributed by atoms with Crippen molar-refractivity contribution in [1.29, 1.82) is 0 Å². The van der Waals surface area contributed by atoms with Crippen LogP contribution in [0.1, 0.15) is 33.1 Å². The predicted molar refractivity (Wildman–Crippen MR) is 67.9 cm³/mol. The summed E-state index contributed by atoms with van der Waals surface area (Å²) in [5.74, 6) is 0. The highest BCUT2D eigenvalue weighted by Crippen LogP contribution is 2.32. The van der Waals surface area contributed by atoms with Crippen LogP contribution in [0, 0.1) is 5.41 Å². The average molecular weight is 254 g/mol. The molecule has 1 rings (SSSR count). The molecule has 1 fully saturated rings. The van der Waals surface area contributed by atoms with E-state index in [0.29, 0.717) is 6.42 Å². The fourth-order valence-electron chi connectivity index (χ4n) is 1.95. The summed E-state index contributed by atoms with van der Waals surface area (Å²) >= 11 is 0. The molecule has 0 atom stereocenters. The zero-order chi connectivity index (χ0) is 13.8. The zero-order valence-corrected chi connectivity index (χ0v) is 10.5. The summed E-state index contributed by atoms with van der Waals surface area (Å²) in [6.07, 6.45) is 1.93. The van der Waals surface area contributed by atoms with E-state index in [9.17, 15) is 9.59 Å². The van der Waals surface area contributed by atoms with Crippen LogP contribution in [0.4, 0.5) is 9.59 Å². The van der Waals surface area contributed by atoms with Crippen molar-refractivity contribution in [2.24, 2.45) is 27.1 Å². The number of nitrogens with two attached hydrogens (primary N) is 2. The van der Waals surface area contributed by atoms with Gasteiger partial charge in [-0.2, -0.15) is 10.2 Å². The van der Waals surface area contributed by atoms with Gasteiger partial charge in [0, 0.05) is 17.8 Å². The molecule has 0 radical (unpaired) electrons. The lowest BCUT2D eigenvalue weighted by Crippen LogP contribution is -2.34. The van der Waals surface area contributed by atoms with E-state index in [0.717, 1.165) is 24.3 Å². The minimum atomic E-state index is -0.709. The molecule has 8 nitrogen and oxygen atoms in total. The second-order valence-electron chi connectivity index (χ2n) is 5.00. The van der Waals surface area contributed by atoms with Crippen LogP contribution in [0.5, 0.6) is 0 Å². The first-order chi connectivity index (χ1) is 8.28. The average Bonchev–Trinajstić information content (AvgIpc) is 2.21. The fraction of sp³-hybridized carbons (Fsp3) is 0.600. The first-order valence-electron chi connectivity index (χ1n) is 5.50. The minimum Gasteiger partial charge on any atom is -0.350 e. The van der Waals surface area contributed by atoms with Crippen LogP contribution < -0.4 is 22.3 Å². The lowest BCUT2D eigenvalue weighted by Gasteiger charge is -2.31. The Kier molecular flexibility index (Phi) is 4.24. The molecule has 0 aromatic carbocycles. The molecular formula is C10H18N6O2. The number of rotatable bonds is 2. The molecule has 1 aliphatic rings.